The van der Waals surface area contributed by atoms with Crippen molar-refractivity contribution >= 4 is 29.1 Å². The van der Waals surface area contributed by atoms with Crippen molar-refractivity contribution < 1.29 is 28.6 Å². The normalized spacial score (nSPS) is 16.7. The molecule has 4 rings (SSSR count). The molecule has 0 saturated carbocycles. The SMILES string of the molecule is COc1ccc2c(c1)OC1(CCN(C(=O)CCC(=O)c3cc(Cl)ccc3OC)CC1)CC2=O. The van der Waals surface area contributed by atoms with E-state index in [1.165, 1.54) is 7.11 Å². The van der Waals surface area contributed by atoms with E-state index in [4.69, 9.17) is 25.8 Å². The highest BCUT2D eigenvalue weighted by molar-refractivity contribution is 6.31. The molecule has 1 fully saturated rings. The van der Waals surface area contributed by atoms with Crippen molar-refractivity contribution in [3.8, 4) is 17.2 Å². The summed E-state index contributed by atoms with van der Waals surface area (Å²) in [7, 11) is 3.06. The number of methoxy groups -OCH3 is 2. The van der Waals surface area contributed by atoms with E-state index < -0.39 is 5.60 Å². The molecule has 0 aromatic heterocycles. The highest BCUT2D eigenvalue weighted by Gasteiger charge is 2.43. The molecule has 2 aromatic carbocycles. The van der Waals surface area contributed by atoms with Gasteiger partial charge in [0.15, 0.2) is 11.6 Å². The summed E-state index contributed by atoms with van der Waals surface area (Å²) in [6, 6.07) is 10.1. The van der Waals surface area contributed by atoms with Gasteiger partial charge in [-0.15, -0.1) is 0 Å². The zero-order chi connectivity index (χ0) is 23.6. The van der Waals surface area contributed by atoms with Crippen LogP contribution in [0.1, 0.15) is 52.8 Å². The Kier molecular flexibility index (Phi) is 6.61. The lowest BCUT2D eigenvalue weighted by atomic mass is 9.82. The molecule has 1 spiro atoms. The Morgan fingerprint density at radius 3 is 2.52 bits per heavy atom. The molecule has 0 unspecified atom stereocenters. The second-order valence-electron chi connectivity index (χ2n) is 8.40. The lowest BCUT2D eigenvalue weighted by Crippen LogP contribution is -2.52. The van der Waals surface area contributed by atoms with E-state index in [2.05, 4.69) is 0 Å². The number of piperidine rings is 1. The Labute approximate surface area is 197 Å². The topological polar surface area (TPSA) is 82.1 Å². The van der Waals surface area contributed by atoms with Gasteiger partial charge >= 0.3 is 0 Å². The number of Topliss-reactive ketones (excluding diaryl/α,β-unsaturated/α-hetero) is 2. The molecule has 2 aliphatic rings. The summed E-state index contributed by atoms with van der Waals surface area (Å²) in [5, 5.41) is 0.438. The molecule has 174 valence electrons. The van der Waals surface area contributed by atoms with Crippen molar-refractivity contribution in [3.05, 3.63) is 52.5 Å². The van der Waals surface area contributed by atoms with Gasteiger partial charge in [0, 0.05) is 49.9 Å². The van der Waals surface area contributed by atoms with Gasteiger partial charge in [-0.25, -0.2) is 0 Å². The molecule has 1 saturated heterocycles. The fraction of sp³-hybridized carbons (Fsp3) is 0.400. The number of carbonyl (C=O) groups excluding carboxylic acids is 3. The molecule has 2 heterocycles. The van der Waals surface area contributed by atoms with Gasteiger partial charge in [-0.1, -0.05) is 11.6 Å². The van der Waals surface area contributed by atoms with E-state index in [1.807, 2.05) is 0 Å². The highest BCUT2D eigenvalue weighted by atomic mass is 35.5. The number of hydrogen-bond acceptors (Lipinski definition) is 6. The summed E-state index contributed by atoms with van der Waals surface area (Å²) in [6.07, 6.45) is 1.57. The van der Waals surface area contributed by atoms with E-state index in [1.54, 1.807) is 48.4 Å². The zero-order valence-corrected chi connectivity index (χ0v) is 19.4. The van der Waals surface area contributed by atoms with Crippen LogP contribution in [0.25, 0.3) is 0 Å². The quantitative estimate of drug-likeness (QED) is 0.583. The lowest BCUT2D eigenvalue weighted by Gasteiger charge is -2.44. The van der Waals surface area contributed by atoms with Crippen LogP contribution in [0.3, 0.4) is 0 Å². The van der Waals surface area contributed by atoms with Crippen LogP contribution in [-0.4, -0.2) is 55.3 Å². The number of ether oxygens (including phenoxy) is 3. The molecule has 7 nitrogen and oxygen atoms in total. The Bertz CT molecular complexity index is 1090. The minimum atomic E-state index is -0.614. The van der Waals surface area contributed by atoms with Gasteiger partial charge in [-0.05, 0) is 30.3 Å². The number of rotatable bonds is 6. The number of benzene rings is 2. The van der Waals surface area contributed by atoms with Gasteiger partial charge in [0.1, 0.15) is 22.8 Å². The first-order chi connectivity index (χ1) is 15.8. The van der Waals surface area contributed by atoms with E-state index in [-0.39, 0.29) is 30.3 Å². The zero-order valence-electron chi connectivity index (χ0n) is 18.7. The minimum Gasteiger partial charge on any atom is -0.497 e. The van der Waals surface area contributed by atoms with Crippen LogP contribution in [0.5, 0.6) is 17.2 Å². The number of nitrogens with zero attached hydrogens (tertiary/aromatic N) is 1. The van der Waals surface area contributed by atoms with E-state index >= 15 is 0 Å². The molecule has 0 bridgehead atoms. The van der Waals surface area contributed by atoms with Crippen molar-refractivity contribution in [3.63, 3.8) is 0 Å². The summed E-state index contributed by atoms with van der Waals surface area (Å²) >= 11 is 6.01. The average Bonchev–Trinajstić information content (AvgIpc) is 2.82. The second-order valence-corrected chi connectivity index (χ2v) is 8.83. The fourth-order valence-electron chi connectivity index (χ4n) is 4.46. The minimum absolute atomic E-state index is 0.0414. The van der Waals surface area contributed by atoms with Gasteiger partial charge in [0.2, 0.25) is 5.91 Å². The number of carbonyl (C=O) groups is 3. The summed E-state index contributed by atoms with van der Waals surface area (Å²) < 4.78 is 16.8. The van der Waals surface area contributed by atoms with Gasteiger partial charge < -0.3 is 19.1 Å². The fourth-order valence-corrected chi connectivity index (χ4v) is 4.63. The number of fused-ring (bicyclic) bond motifs is 1. The first-order valence-corrected chi connectivity index (χ1v) is 11.3. The van der Waals surface area contributed by atoms with Crippen LogP contribution < -0.4 is 14.2 Å². The summed E-state index contributed by atoms with van der Waals surface area (Å²) in [4.78, 5) is 39.8. The number of halogens is 1. The highest BCUT2D eigenvalue weighted by Crippen LogP contribution is 2.40. The number of amides is 1. The van der Waals surface area contributed by atoms with Crippen LogP contribution in [0.4, 0.5) is 0 Å². The van der Waals surface area contributed by atoms with Crippen molar-refractivity contribution in [1.82, 2.24) is 4.90 Å². The third-order valence-corrected chi connectivity index (χ3v) is 6.59. The third-order valence-electron chi connectivity index (χ3n) is 6.35. The number of ketones is 2. The standard InChI is InChI=1S/C25H26ClNO6/c1-31-17-4-5-18-21(29)15-25(33-23(18)14-17)9-11-27(12-10-25)24(30)8-6-20(28)19-13-16(26)3-7-22(19)32-2/h3-5,7,13-14H,6,8-12,15H2,1-2H3. The molecular weight excluding hydrogens is 446 g/mol. The largest absolute Gasteiger partial charge is 0.497 e. The van der Waals surface area contributed by atoms with Crippen molar-refractivity contribution in [2.45, 2.75) is 37.7 Å². The molecule has 0 radical (unpaired) electrons. The summed E-state index contributed by atoms with van der Waals surface area (Å²) in [5.41, 5.74) is 0.325. The van der Waals surface area contributed by atoms with Gasteiger partial charge in [-0.3, -0.25) is 14.4 Å². The van der Waals surface area contributed by atoms with E-state index in [0.717, 1.165) is 0 Å². The first kappa shape index (κ1) is 23.1. The third kappa shape index (κ3) is 4.83. The maximum Gasteiger partial charge on any atom is 0.223 e. The maximum atomic E-state index is 12.8. The lowest BCUT2D eigenvalue weighted by molar-refractivity contribution is -0.134. The summed E-state index contributed by atoms with van der Waals surface area (Å²) in [5.74, 6) is 1.36. The molecule has 2 aliphatic heterocycles. The predicted octanol–water partition coefficient (Wildman–Crippen LogP) is 4.35. The Hall–Kier alpha value is -3.06. The number of likely N-dealkylation sites (tertiary alicyclic amines) is 1. The molecule has 8 heteroatoms. The molecule has 1 amide bonds. The van der Waals surface area contributed by atoms with Crippen LogP contribution >= 0.6 is 11.6 Å². The first-order valence-electron chi connectivity index (χ1n) is 10.9. The number of hydrogen-bond donors (Lipinski definition) is 0. The Morgan fingerprint density at radius 1 is 1.06 bits per heavy atom. The van der Waals surface area contributed by atoms with Crippen LogP contribution in [0.2, 0.25) is 5.02 Å². The average molecular weight is 472 g/mol. The van der Waals surface area contributed by atoms with E-state index in [0.29, 0.717) is 65.8 Å². The maximum absolute atomic E-state index is 12.8. The van der Waals surface area contributed by atoms with Gasteiger partial charge in [0.25, 0.3) is 0 Å². The predicted molar refractivity (Wildman–Crippen MR) is 123 cm³/mol. The summed E-state index contributed by atoms with van der Waals surface area (Å²) in [6.45, 7) is 0.945. The van der Waals surface area contributed by atoms with Crippen LogP contribution in [0, 0.1) is 0 Å². The smallest absolute Gasteiger partial charge is 0.223 e. The van der Waals surface area contributed by atoms with Crippen LogP contribution in [0.15, 0.2) is 36.4 Å². The van der Waals surface area contributed by atoms with Crippen molar-refractivity contribution in [1.29, 1.82) is 0 Å². The molecule has 0 N–H and O–H groups in total. The molecule has 0 atom stereocenters. The monoisotopic (exact) mass is 471 g/mol. The molecule has 33 heavy (non-hydrogen) atoms. The Balaban J connectivity index is 1.35. The molecular formula is C25H26ClNO6. The van der Waals surface area contributed by atoms with Gasteiger partial charge in [0.05, 0.1) is 31.8 Å². The van der Waals surface area contributed by atoms with Crippen molar-refractivity contribution in [2.75, 3.05) is 27.3 Å². The second kappa shape index (κ2) is 9.43. The van der Waals surface area contributed by atoms with Crippen molar-refractivity contribution in [2.24, 2.45) is 0 Å². The Morgan fingerprint density at radius 2 is 1.82 bits per heavy atom. The molecule has 2 aromatic rings. The molecule has 0 aliphatic carbocycles. The van der Waals surface area contributed by atoms with E-state index in [9.17, 15) is 14.4 Å². The van der Waals surface area contributed by atoms with Crippen LogP contribution in [-0.2, 0) is 4.79 Å². The van der Waals surface area contributed by atoms with Gasteiger partial charge in [-0.2, -0.15) is 0 Å².